The van der Waals surface area contributed by atoms with E-state index in [1.807, 2.05) is 58.2 Å². The van der Waals surface area contributed by atoms with Crippen LogP contribution in [-0.2, 0) is 0 Å². The van der Waals surface area contributed by atoms with Crippen molar-refractivity contribution in [2.24, 2.45) is 0 Å². The Bertz CT molecular complexity index is 1490. The maximum absolute atomic E-state index is 13.7. The summed E-state index contributed by atoms with van der Waals surface area (Å²) in [6, 6.07) is 9.32. The molecule has 0 aliphatic heterocycles. The van der Waals surface area contributed by atoms with Crippen molar-refractivity contribution in [2.45, 2.75) is 27.7 Å². The fraction of sp³-hybridized carbons (Fsp3) is 0.148. The minimum atomic E-state index is -0.215. The van der Waals surface area contributed by atoms with Crippen LogP contribution >= 0.6 is 11.3 Å². The van der Waals surface area contributed by atoms with Gasteiger partial charge in [-0.2, -0.15) is 9.49 Å². The number of aryl methyl sites for hydroxylation is 2. The quantitative estimate of drug-likeness (QED) is 0.261. The summed E-state index contributed by atoms with van der Waals surface area (Å²) in [6.07, 6.45) is 9.02. The van der Waals surface area contributed by atoms with Gasteiger partial charge in [-0.25, -0.2) is 0 Å². The first kappa shape index (κ1) is 23.3. The minimum absolute atomic E-state index is 0.215. The molecule has 0 radical (unpaired) electrons. The Morgan fingerprint density at radius 2 is 1.94 bits per heavy atom. The van der Waals surface area contributed by atoms with E-state index in [-0.39, 0.29) is 5.13 Å². The molecule has 0 bridgehead atoms. The van der Waals surface area contributed by atoms with Crippen LogP contribution in [0.1, 0.15) is 35.5 Å². The zero-order chi connectivity index (χ0) is 24.2. The summed E-state index contributed by atoms with van der Waals surface area (Å²) in [5, 5.41) is 8.37. The highest BCUT2D eigenvalue weighted by atomic mass is 32.1. The fourth-order valence-electron chi connectivity index (χ4n) is 3.85. The monoisotopic (exact) mass is 471 g/mol. The maximum atomic E-state index is 13.7. The first-order valence-electron chi connectivity index (χ1n) is 11.1. The van der Waals surface area contributed by atoms with Crippen LogP contribution in [0.15, 0.2) is 67.7 Å². The van der Waals surface area contributed by atoms with Gasteiger partial charge in [0.1, 0.15) is 5.69 Å². The first-order valence-corrected chi connectivity index (χ1v) is 11.9. The molecule has 5 nitrogen and oxygen atoms in total. The van der Waals surface area contributed by atoms with Gasteiger partial charge in [-0.05, 0) is 49.7 Å². The van der Waals surface area contributed by atoms with E-state index in [0.29, 0.717) is 0 Å². The zero-order valence-electron chi connectivity index (χ0n) is 19.6. The summed E-state index contributed by atoms with van der Waals surface area (Å²) in [4.78, 5) is 13.1. The number of rotatable bonds is 5. The molecule has 0 fully saturated rings. The van der Waals surface area contributed by atoms with Gasteiger partial charge in [0.25, 0.3) is 0 Å². The molecule has 172 valence electrons. The average molecular weight is 472 g/mol. The van der Waals surface area contributed by atoms with Crippen molar-refractivity contribution in [3.05, 3.63) is 94.5 Å². The topological polar surface area (TPSA) is 70.2 Å². The lowest BCUT2D eigenvalue weighted by Crippen LogP contribution is -1.88. The van der Waals surface area contributed by atoms with Gasteiger partial charge in [0.15, 0.2) is 5.13 Å². The SMILES string of the molecule is C=C/C=C(/c1ccc(F)s1)c1cc(-c2n[nH]c3cnc(-c4cnccc4C)cc23)[nH]c1C.CC. The number of pyridine rings is 2. The van der Waals surface area contributed by atoms with Crippen LogP contribution in [0.3, 0.4) is 0 Å². The second-order valence-electron chi connectivity index (χ2n) is 7.52. The number of nitrogens with zero attached hydrogens (tertiary/aromatic N) is 3. The molecule has 0 unspecified atom stereocenters. The normalized spacial score (nSPS) is 11.4. The molecule has 0 saturated heterocycles. The van der Waals surface area contributed by atoms with Crippen LogP contribution in [0.5, 0.6) is 0 Å². The van der Waals surface area contributed by atoms with E-state index >= 15 is 0 Å². The lowest BCUT2D eigenvalue weighted by atomic mass is 10.0. The Labute approximate surface area is 202 Å². The van der Waals surface area contributed by atoms with Crippen LogP contribution in [0, 0.1) is 19.0 Å². The molecule has 0 atom stereocenters. The number of H-pyrrole nitrogens is 2. The van der Waals surface area contributed by atoms with E-state index in [4.69, 9.17) is 0 Å². The number of allylic oxidation sites excluding steroid dienone is 2. The van der Waals surface area contributed by atoms with Gasteiger partial charge >= 0.3 is 0 Å². The molecule has 2 N–H and O–H groups in total. The summed E-state index contributed by atoms with van der Waals surface area (Å²) < 4.78 is 13.7. The van der Waals surface area contributed by atoms with Gasteiger partial charge < -0.3 is 4.98 Å². The molecular weight excluding hydrogens is 445 g/mol. The number of hydrogen-bond acceptors (Lipinski definition) is 4. The highest BCUT2D eigenvalue weighted by molar-refractivity contribution is 7.11. The van der Waals surface area contributed by atoms with Crippen molar-refractivity contribution in [2.75, 3.05) is 0 Å². The van der Waals surface area contributed by atoms with Crippen LogP contribution in [0.4, 0.5) is 4.39 Å². The summed E-state index contributed by atoms with van der Waals surface area (Å²) in [5.74, 6) is 0. The van der Waals surface area contributed by atoms with Crippen molar-refractivity contribution < 1.29 is 4.39 Å². The number of nitrogens with one attached hydrogen (secondary N) is 2. The van der Waals surface area contributed by atoms with E-state index in [0.717, 1.165) is 72.2 Å². The number of hydrogen-bond donors (Lipinski definition) is 2. The number of aromatic nitrogens is 5. The van der Waals surface area contributed by atoms with E-state index in [1.54, 1.807) is 24.5 Å². The van der Waals surface area contributed by atoms with Gasteiger partial charge in [-0.3, -0.25) is 15.1 Å². The smallest absolute Gasteiger partial charge is 0.176 e. The van der Waals surface area contributed by atoms with Gasteiger partial charge in [0.2, 0.25) is 0 Å². The highest BCUT2D eigenvalue weighted by Gasteiger charge is 2.18. The molecule has 5 rings (SSSR count). The molecule has 0 aliphatic rings. The van der Waals surface area contributed by atoms with E-state index in [9.17, 15) is 4.39 Å². The third-order valence-corrected chi connectivity index (χ3v) is 6.35. The molecule has 5 heterocycles. The molecule has 0 aliphatic carbocycles. The average Bonchev–Trinajstić information content (AvgIpc) is 3.57. The lowest BCUT2D eigenvalue weighted by Gasteiger charge is -2.04. The van der Waals surface area contributed by atoms with Crippen molar-refractivity contribution in [1.29, 1.82) is 0 Å². The van der Waals surface area contributed by atoms with Crippen molar-refractivity contribution >= 4 is 27.8 Å². The number of aromatic amines is 2. The van der Waals surface area contributed by atoms with E-state index < -0.39 is 0 Å². The maximum Gasteiger partial charge on any atom is 0.176 e. The molecule has 0 amide bonds. The molecule has 0 spiro atoms. The van der Waals surface area contributed by atoms with E-state index in [2.05, 4.69) is 31.7 Å². The number of thiophene rings is 1. The van der Waals surface area contributed by atoms with Gasteiger partial charge in [-0.1, -0.05) is 32.6 Å². The largest absolute Gasteiger partial charge is 0.357 e. The Morgan fingerprint density at radius 1 is 1.12 bits per heavy atom. The third-order valence-electron chi connectivity index (χ3n) is 5.45. The van der Waals surface area contributed by atoms with Crippen LogP contribution < -0.4 is 0 Å². The van der Waals surface area contributed by atoms with Crippen molar-refractivity contribution in [1.82, 2.24) is 25.1 Å². The molecule has 7 heteroatoms. The molecular formula is C27H26FN5S. The summed E-state index contributed by atoms with van der Waals surface area (Å²) in [6.45, 7) is 11.9. The van der Waals surface area contributed by atoms with Crippen molar-refractivity contribution in [3.63, 3.8) is 0 Å². The third kappa shape index (κ3) is 4.34. The first-order chi connectivity index (χ1) is 16.5. The fourth-order valence-corrected chi connectivity index (χ4v) is 4.62. The highest BCUT2D eigenvalue weighted by Crippen LogP contribution is 2.35. The zero-order valence-corrected chi connectivity index (χ0v) is 20.4. The second kappa shape index (κ2) is 9.97. The lowest BCUT2D eigenvalue weighted by molar-refractivity contribution is 0.657. The van der Waals surface area contributed by atoms with Gasteiger partial charge in [0.05, 0.1) is 23.1 Å². The summed E-state index contributed by atoms with van der Waals surface area (Å²) in [5.41, 5.74) is 8.33. The minimum Gasteiger partial charge on any atom is -0.357 e. The second-order valence-corrected chi connectivity index (χ2v) is 8.55. The molecule has 5 aromatic rings. The van der Waals surface area contributed by atoms with Gasteiger partial charge in [-0.15, -0.1) is 11.3 Å². The molecule has 0 aromatic carbocycles. The predicted octanol–water partition coefficient (Wildman–Crippen LogP) is 7.48. The Morgan fingerprint density at radius 3 is 2.65 bits per heavy atom. The van der Waals surface area contributed by atoms with Crippen molar-refractivity contribution in [3.8, 4) is 22.6 Å². The summed E-state index contributed by atoms with van der Waals surface area (Å²) >= 11 is 1.12. The number of halogens is 1. The van der Waals surface area contributed by atoms with Crippen LogP contribution in [0.25, 0.3) is 39.1 Å². The molecule has 34 heavy (non-hydrogen) atoms. The molecule has 0 saturated carbocycles. The van der Waals surface area contributed by atoms with Gasteiger partial charge in [0, 0.05) is 45.1 Å². The Hall–Kier alpha value is -3.84. The predicted molar refractivity (Wildman–Crippen MR) is 139 cm³/mol. The Kier molecular flexibility index (Phi) is 6.84. The molecule has 5 aromatic heterocycles. The van der Waals surface area contributed by atoms with E-state index in [1.165, 1.54) is 6.07 Å². The standard InChI is InChI=1S/C25H20FN5S.C2H6/c1-4-5-16(23-6-7-24(26)32-23)17-10-21(29-15(17)3)25-18-11-20(28-13-22(18)30-31-25)19-12-27-9-8-14(19)2;1-2/h4-13,29H,1H2,2-3H3,(H,30,31);1-2H3/b16-5+;. The van der Waals surface area contributed by atoms with Crippen LogP contribution in [0.2, 0.25) is 0 Å². The van der Waals surface area contributed by atoms with Crippen LogP contribution in [-0.4, -0.2) is 25.1 Å². The number of fused-ring (bicyclic) bond motifs is 1. The summed E-state index contributed by atoms with van der Waals surface area (Å²) in [7, 11) is 0. The Balaban J connectivity index is 0.00000133.